The first-order chi connectivity index (χ1) is 13.2. The van der Waals surface area contributed by atoms with Crippen molar-refractivity contribution in [2.75, 3.05) is 65.6 Å². The molecule has 0 bridgehead atoms. The lowest BCUT2D eigenvalue weighted by atomic mass is 10.1. The van der Waals surface area contributed by atoms with E-state index in [1.165, 1.54) is 4.90 Å². The molecule has 1 aliphatic rings. The SMILES string of the molecule is O=C(O)N1CCN(C(=O)O)CCN([C@H](CO)[C@@H](O)CO)CCN(C(=O)O)CC1. The maximum absolute atomic E-state index is 11.4. The van der Waals surface area contributed by atoms with Gasteiger partial charge in [-0.1, -0.05) is 0 Å². The molecule has 2 atom stereocenters. The minimum Gasteiger partial charge on any atom is -0.465 e. The normalized spacial score (nSPS) is 20.0. The standard InChI is InChI=1S/C15H28N4O9/c20-9-11(12(22)10-21)16-1-3-17(13(23)24)5-7-19(15(27)28)8-6-18(4-2-16)14(25)26/h11-12,20-22H,1-10H2,(H,23,24)(H,25,26)(H,27,28)/t11-,12+/m1/s1. The van der Waals surface area contributed by atoms with Crippen LogP contribution >= 0.6 is 0 Å². The number of hydrogen-bond acceptors (Lipinski definition) is 7. The molecule has 0 radical (unpaired) electrons. The summed E-state index contributed by atoms with van der Waals surface area (Å²) < 4.78 is 0. The van der Waals surface area contributed by atoms with Gasteiger partial charge in [0.1, 0.15) is 0 Å². The second-order valence-electron chi connectivity index (χ2n) is 6.34. The van der Waals surface area contributed by atoms with Gasteiger partial charge in [0.05, 0.1) is 25.4 Å². The summed E-state index contributed by atoms with van der Waals surface area (Å²) in [6.07, 6.45) is -5.08. The second-order valence-corrected chi connectivity index (χ2v) is 6.34. The van der Waals surface area contributed by atoms with Gasteiger partial charge in [0.2, 0.25) is 0 Å². The molecule has 0 aliphatic carbocycles. The Morgan fingerprint density at radius 2 is 0.964 bits per heavy atom. The molecule has 1 saturated heterocycles. The average molecular weight is 408 g/mol. The topological polar surface area (TPSA) is 186 Å². The monoisotopic (exact) mass is 408 g/mol. The first-order valence-corrected chi connectivity index (χ1v) is 8.78. The fourth-order valence-electron chi connectivity index (χ4n) is 2.94. The lowest BCUT2D eigenvalue weighted by Gasteiger charge is -2.36. The van der Waals surface area contributed by atoms with Crippen LogP contribution in [0.1, 0.15) is 0 Å². The first kappa shape index (κ1) is 23.7. The highest BCUT2D eigenvalue weighted by atomic mass is 16.4. The highest BCUT2D eigenvalue weighted by Gasteiger charge is 2.28. The van der Waals surface area contributed by atoms with Crippen LogP contribution in [0.5, 0.6) is 0 Å². The van der Waals surface area contributed by atoms with Gasteiger partial charge in [-0.3, -0.25) is 4.90 Å². The van der Waals surface area contributed by atoms with Gasteiger partial charge < -0.3 is 45.3 Å². The van der Waals surface area contributed by atoms with Crippen LogP contribution in [-0.4, -0.2) is 146 Å². The minimum atomic E-state index is -1.29. The number of amides is 3. The number of aliphatic hydroxyl groups is 3. The molecule has 13 heteroatoms. The highest BCUT2D eigenvalue weighted by molar-refractivity contribution is 5.67. The van der Waals surface area contributed by atoms with Crippen LogP contribution < -0.4 is 0 Å². The number of aliphatic hydroxyl groups excluding tert-OH is 3. The molecule has 0 aromatic rings. The average Bonchev–Trinajstić information content (AvgIpc) is 2.62. The molecule has 1 aliphatic heterocycles. The van der Waals surface area contributed by atoms with Crippen LogP contribution in [-0.2, 0) is 0 Å². The molecule has 162 valence electrons. The van der Waals surface area contributed by atoms with E-state index in [1.807, 2.05) is 0 Å². The number of rotatable bonds is 4. The third-order valence-corrected chi connectivity index (χ3v) is 4.69. The predicted molar refractivity (Wildman–Crippen MR) is 94.3 cm³/mol. The van der Waals surface area contributed by atoms with E-state index in [0.29, 0.717) is 0 Å². The third kappa shape index (κ3) is 6.99. The summed E-state index contributed by atoms with van der Waals surface area (Å²) in [7, 11) is 0. The minimum absolute atomic E-state index is 0.0507. The van der Waals surface area contributed by atoms with Crippen molar-refractivity contribution in [3.8, 4) is 0 Å². The smallest absolute Gasteiger partial charge is 0.407 e. The fraction of sp³-hybridized carbons (Fsp3) is 0.800. The Hall–Kier alpha value is -2.35. The molecule has 6 N–H and O–H groups in total. The molecular formula is C15H28N4O9. The predicted octanol–water partition coefficient (Wildman–Crippen LogP) is -2.04. The molecule has 0 unspecified atom stereocenters. The van der Waals surface area contributed by atoms with Crippen molar-refractivity contribution < 1.29 is 45.0 Å². The maximum Gasteiger partial charge on any atom is 0.407 e. The molecule has 0 saturated carbocycles. The van der Waals surface area contributed by atoms with Crippen molar-refractivity contribution in [2.24, 2.45) is 0 Å². The van der Waals surface area contributed by atoms with Crippen molar-refractivity contribution >= 4 is 18.3 Å². The van der Waals surface area contributed by atoms with Crippen LogP contribution in [0, 0.1) is 0 Å². The van der Waals surface area contributed by atoms with Crippen LogP contribution in [0.2, 0.25) is 0 Å². The van der Waals surface area contributed by atoms with Crippen molar-refractivity contribution in [1.29, 1.82) is 0 Å². The summed E-state index contributed by atoms with van der Waals surface area (Å²) in [5, 5.41) is 56.6. The highest BCUT2D eigenvalue weighted by Crippen LogP contribution is 2.08. The molecule has 0 aromatic carbocycles. The molecule has 1 fully saturated rings. The van der Waals surface area contributed by atoms with Crippen molar-refractivity contribution in [1.82, 2.24) is 19.6 Å². The van der Waals surface area contributed by atoms with Crippen LogP contribution in [0.25, 0.3) is 0 Å². The molecule has 0 aromatic heterocycles. The van der Waals surface area contributed by atoms with E-state index >= 15 is 0 Å². The van der Waals surface area contributed by atoms with Gasteiger partial charge in [0.25, 0.3) is 0 Å². The quantitative estimate of drug-likeness (QED) is 0.302. The Bertz CT molecular complexity index is 506. The molecule has 28 heavy (non-hydrogen) atoms. The van der Waals surface area contributed by atoms with E-state index in [0.717, 1.165) is 14.7 Å². The Kier molecular flexibility index (Phi) is 9.72. The van der Waals surface area contributed by atoms with Crippen molar-refractivity contribution in [2.45, 2.75) is 12.1 Å². The Labute approximate surface area is 161 Å². The van der Waals surface area contributed by atoms with Gasteiger partial charge >= 0.3 is 18.3 Å². The van der Waals surface area contributed by atoms with Gasteiger partial charge in [-0.2, -0.15) is 0 Å². The molecule has 13 nitrogen and oxygen atoms in total. The second kappa shape index (κ2) is 11.5. The van der Waals surface area contributed by atoms with Crippen molar-refractivity contribution in [3.05, 3.63) is 0 Å². The van der Waals surface area contributed by atoms with Crippen molar-refractivity contribution in [3.63, 3.8) is 0 Å². The number of carbonyl (C=O) groups is 3. The number of nitrogens with zero attached hydrogens (tertiary/aromatic N) is 4. The zero-order chi connectivity index (χ0) is 21.3. The summed E-state index contributed by atoms with van der Waals surface area (Å²) in [5.74, 6) is 0. The Morgan fingerprint density at radius 3 is 1.21 bits per heavy atom. The van der Waals surface area contributed by atoms with Gasteiger partial charge in [-0.05, 0) is 0 Å². The van der Waals surface area contributed by atoms with E-state index in [2.05, 4.69) is 0 Å². The van der Waals surface area contributed by atoms with E-state index in [4.69, 9.17) is 0 Å². The zero-order valence-corrected chi connectivity index (χ0v) is 15.4. The lowest BCUT2D eigenvalue weighted by molar-refractivity contribution is -0.0185. The summed E-state index contributed by atoms with van der Waals surface area (Å²) >= 11 is 0. The number of hydrogen-bond donors (Lipinski definition) is 6. The lowest BCUT2D eigenvalue weighted by Crippen LogP contribution is -2.54. The molecule has 3 amide bonds. The molecule has 1 rings (SSSR count). The van der Waals surface area contributed by atoms with Gasteiger partial charge in [0.15, 0.2) is 0 Å². The molecule has 1 heterocycles. The van der Waals surface area contributed by atoms with Crippen LogP contribution in [0.3, 0.4) is 0 Å². The van der Waals surface area contributed by atoms with Gasteiger partial charge in [-0.15, -0.1) is 0 Å². The van der Waals surface area contributed by atoms with E-state index in [9.17, 15) is 45.0 Å². The van der Waals surface area contributed by atoms with Crippen LogP contribution in [0.15, 0.2) is 0 Å². The van der Waals surface area contributed by atoms with E-state index < -0.39 is 43.6 Å². The summed E-state index contributed by atoms with van der Waals surface area (Å²) in [4.78, 5) is 38.7. The first-order valence-electron chi connectivity index (χ1n) is 8.78. The summed E-state index contributed by atoms with van der Waals surface area (Å²) in [6.45, 7) is -1.63. The number of carboxylic acid groups (broad SMARTS) is 3. The largest absolute Gasteiger partial charge is 0.465 e. The zero-order valence-electron chi connectivity index (χ0n) is 15.4. The summed E-state index contributed by atoms with van der Waals surface area (Å²) in [6, 6.07) is -0.908. The maximum atomic E-state index is 11.4. The Morgan fingerprint density at radius 1 is 0.643 bits per heavy atom. The van der Waals surface area contributed by atoms with E-state index in [1.54, 1.807) is 0 Å². The fourth-order valence-corrected chi connectivity index (χ4v) is 2.94. The molecular weight excluding hydrogens is 380 g/mol. The van der Waals surface area contributed by atoms with Gasteiger partial charge in [-0.25, -0.2) is 14.4 Å². The third-order valence-electron chi connectivity index (χ3n) is 4.69. The molecule has 0 spiro atoms. The van der Waals surface area contributed by atoms with E-state index in [-0.39, 0.29) is 52.4 Å². The van der Waals surface area contributed by atoms with Gasteiger partial charge in [0, 0.05) is 52.4 Å². The Balaban J connectivity index is 3.05. The van der Waals surface area contributed by atoms with Crippen LogP contribution in [0.4, 0.5) is 14.4 Å². The summed E-state index contributed by atoms with van der Waals surface area (Å²) in [5.41, 5.74) is 0.